The largest absolute Gasteiger partial charge is 0.493 e. The minimum Gasteiger partial charge on any atom is -0.493 e. The van der Waals surface area contributed by atoms with Gasteiger partial charge in [-0.05, 0) is 47.7 Å². The van der Waals surface area contributed by atoms with Crippen molar-refractivity contribution in [3.05, 3.63) is 58.1 Å². The van der Waals surface area contributed by atoms with Crippen LogP contribution in [0.3, 0.4) is 0 Å². The normalized spacial score (nSPS) is 11.2. The van der Waals surface area contributed by atoms with Crippen LogP contribution in [0.15, 0.2) is 36.4 Å². The second-order valence-corrected chi connectivity index (χ2v) is 6.91. The maximum atomic E-state index is 12.4. The Labute approximate surface area is 142 Å². The molecule has 0 N–H and O–H groups in total. The summed E-state index contributed by atoms with van der Waals surface area (Å²) in [5, 5.41) is 0.492. The van der Waals surface area contributed by atoms with Gasteiger partial charge in [-0.1, -0.05) is 44.5 Å². The molecule has 0 aliphatic heterocycles. The van der Waals surface area contributed by atoms with Gasteiger partial charge in [0.2, 0.25) is 0 Å². The number of ether oxygens (including phenoxy) is 2. The first-order valence-electron chi connectivity index (χ1n) is 7.39. The predicted molar refractivity (Wildman–Crippen MR) is 92.8 cm³/mol. The molecule has 0 radical (unpaired) electrons. The summed E-state index contributed by atoms with van der Waals surface area (Å²) in [7, 11) is 1.57. The highest BCUT2D eigenvalue weighted by Gasteiger charge is 2.21. The van der Waals surface area contributed by atoms with Gasteiger partial charge in [0.05, 0.1) is 12.7 Å². The molecule has 2 aromatic rings. The Morgan fingerprint density at radius 1 is 1.13 bits per heavy atom. The monoisotopic (exact) mass is 332 g/mol. The third-order valence-electron chi connectivity index (χ3n) is 3.57. The first-order valence-corrected chi connectivity index (χ1v) is 7.77. The van der Waals surface area contributed by atoms with Crippen LogP contribution in [-0.4, -0.2) is 13.1 Å². The summed E-state index contributed by atoms with van der Waals surface area (Å²) < 4.78 is 11.0. The summed E-state index contributed by atoms with van der Waals surface area (Å²) >= 11 is 5.93. The fourth-order valence-corrected chi connectivity index (χ4v) is 2.48. The molecule has 0 aliphatic rings. The number of aryl methyl sites for hydroxylation is 1. The van der Waals surface area contributed by atoms with Gasteiger partial charge >= 0.3 is 5.97 Å². The quantitative estimate of drug-likeness (QED) is 0.574. The lowest BCUT2D eigenvalue weighted by Gasteiger charge is -2.22. The Kier molecular flexibility index (Phi) is 5.00. The van der Waals surface area contributed by atoms with Gasteiger partial charge in [0.25, 0.3) is 0 Å². The summed E-state index contributed by atoms with van der Waals surface area (Å²) in [5.74, 6) is 0.520. The van der Waals surface area contributed by atoms with Crippen LogP contribution in [0.25, 0.3) is 0 Å². The van der Waals surface area contributed by atoms with Crippen LogP contribution in [0.2, 0.25) is 5.02 Å². The van der Waals surface area contributed by atoms with E-state index >= 15 is 0 Å². The number of halogens is 1. The number of methoxy groups -OCH3 is 1. The SMILES string of the molecule is COc1c(C)cc(C(C)(C)C)cc1OC(=O)c1cccc(Cl)c1. The van der Waals surface area contributed by atoms with E-state index in [0.717, 1.165) is 11.1 Å². The Morgan fingerprint density at radius 2 is 1.83 bits per heavy atom. The van der Waals surface area contributed by atoms with Gasteiger partial charge in [0.15, 0.2) is 11.5 Å². The molecule has 4 heteroatoms. The molecule has 0 spiro atoms. The van der Waals surface area contributed by atoms with Crippen LogP contribution in [0.5, 0.6) is 11.5 Å². The molecule has 0 saturated carbocycles. The zero-order valence-electron chi connectivity index (χ0n) is 14.1. The molecule has 0 saturated heterocycles. The first kappa shape index (κ1) is 17.4. The van der Waals surface area contributed by atoms with Crippen LogP contribution in [0, 0.1) is 6.92 Å². The number of esters is 1. The maximum Gasteiger partial charge on any atom is 0.343 e. The van der Waals surface area contributed by atoms with Gasteiger partial charge in [-0.15, -0.1) is 0 Å². The van der Waals surface area contributed by atoms with E-state index in [4.69, 9.17) is 21.1 Å². The molecular weight excluding hydrogens is 312 g/mol. The molecule has 3 nitrogen and oxygen atoms in total. The lowest BCUT2D eigenvalue weighted by Crippen LogP contribution is -2.14. The summed E-state index contributed by atoms with van der Waals surface area (Å²) in [6, 6.07) is 10.6. The van der Waals surface area contributed by atoms with E-state index in [1.165, 1.54) is 0 Å². The Hall–Kier alpha value is -2.00. The van der Waals surface area contributed by atoms with Crippen molar-refractivity contribution < 1.29 is 14.3 Å². The minimum atomic E-state index is -0.462. The highest BCUT2D eigenvalue weighted by atomic mass is 35.5. The molecule has 0 atom stereocenters. The van der Waals surface area contributed by atoms with Gasteiger partial charge in [-0.2, -0.15) is 0 Å². The van der Waals surface area contributed by atoms with E-state index in [-0.39, 0.29) is 5.41 Å². The van der Waals surface area contributed by atoms with Gasteiger partial charge in [-0.25, -0.2) is 4.79 Å². The van der Waals surface area contributed by atoms with Crippen molar-refractivity contribution in [1.29, 1.82) is 0 Å². The van der Waals surface area contributed by atoms with Crippen LogP contribution in [0.1, 0.15) is 42.3 Å². The molecule has 0 fully saturated rings. The van der Waals surface area contributed by atoms with Crippen molar-refractivity contribution in [3.8, 4) is 11.5 Å². The fraction of sp³-hybridized carbons (Fsp3) is 0.316. The summed E-state index contributed by atoms with van der Waals surface area (Å²) in [4.78, 5) is 12.4. The van der Waals surface area contributed by atoms with Gasteiger partial charge in [0.1, 0.15) is 0 Å². The van der Waals surface area contributed by atoms with Crippen LogP contribution in [-0.2, 0) is 5.41 Å². The summed E-state index contributed by atoms with van der Waals surface area (Å²) in [6.45, 7) is 8.26. The lowest BCUT2D eigenvalue weighted by atomic mass is 9.86. The highest BCUT2D eigenvalue weighted by Crippen LogP contribution is 2.36. The minimum absolute atomic E-state index is 0.0613. The molecule has 0 amide bonds. The maximum absolute atomic E-state index is 12.4. The average molecular weight is 333 g/mol. The van der Waals surface area contributed by atoms with Crippen molar-refractivity contribution in [1.82, 2.24) is 0 Å². The molecule has 23 heavy (non-hydrogen) atoms. The summed E-state index contributed by atoms with van der Waals surface area (Å²) in [5.41, 5.74) is 2.34. The first-order chi connectivity index (χ1) is 10.7. The molecule has 0 heterocycles. The van der Waals surface area contributed by atoms with Crippen molar-refractivity contribution in [2.75, 3.05) is 7.11 Å². The zero-order valence-corrected chi connectivity index (χ0v) is 14.8. The summed E-state index contributed by atoms with van der Waals surface area (Å²) in [6.07, 6.45) is 0. The van der Waals surface area contributed by atoms with Crippen molar-refractivity contribution in [2.24, 2.45) is 0 Å². The third-order valence-corrected chi connectivity index (χ3v) is 3.81. The van der Waals surface area contributed by atoms with Crippen molar-refractivity contribution in [3.63, 3.8) is 0 Å². The number of hydrogen-bond acceptors (Lipinski definition) is 3. The number of rotatable bonds is 3. The predicted octanol–water partition coefficient (Wildman–Crippen LogP) is 5.17. The third kappa shape index (κ3) is 4.05. The Balaban J connectivity index is 2.41. The van der Waals surface area contributed by atoms with Crippen LogP contribution < -0.4 is 9.47 Å². The average Bonchev–Trinajstić information content (AvgIpc) is 2.46. The second kappa shape index (κ2) is 6.63. The number of carbonyl (C=O) groups excluding carboxylic acids is 1. The molecule has 0 aromatic heterocycles. The molecule has 0 unspecified atom stereocenters. The topological polar surface area (TPSA) is 35.5 Å². The Bertz CT molecular complexity index is 730. The van der Waals surface area contributed by atoms with Gasteiger partial charge < -0.3 is 9.47 Å². The molecule has 122 valence electrons. The van der Waals surface area contributed by atoms with E-state index in [0.29, 0.717) is 22.1 Å². The van der Waals surface area contributed by atoms with Crippen LogP contribution >= 0.6 is 11.6 Å². The van der Waals surface area contributed by atoms with Gasteiger partial charge in [-0.3, -0.25) is 0 Å². The molecule has 0 aliphatic carbocycles. The highest BCUT2D eigenvalue weighted by molar-refractivity contribution is 6.30. The van der Waals surface area contributed by atoms with E-state index < -0.39 is 5.97 Å². The fourth-order valence-electron chi connectivity index (χ4n) is 2.29. The van der Waals surface area contributed by atoms with E-state index in [2.05, 4.69) is 26.8 Å². The number of carbonyl (C=O) groups is 1. The molecular formula is C19H21ClO3. The zero-order chi connectivity index (χ0) is 17.2. The van der Waals surface area contributed by atoms with Crippen molar-refractivity contribution >= 4 is 17.6 Å². The molecule has 2 aromatic carbocycles. The number of hydrogen-bond donors (Lipinski definition) is 0. The van der Waals surface area contributed by atoms with E-state index in [9.17, 15) is 4.79 Å². The second-order valence-electron chi connectivity index (χ2n) is 6.47. The van der Waals surface area contributed by atoms with E-state index in [1.807, 2.05) is 13.0 Å². The number of benzene rings is 2. The smallest absolute Gasteiger partial charge is 0.343 e. The lowest BCUT2D eigenvalue weighted by molar-refractivity contribution is 0.0729. The van der Waals surface area contributed by atoms with Gasteiger partial charge in [0, 0.05) is 5.02 Å². The van der Waals surface area contributed by atoms with Crippen LogP contribution in [0.4, 0.5) is 0 Å². The van der Waals surface area contributed by atoms with Crippen molar-refractivity contribution in [2.45, 2.75) is 33.1 Å². The molecule has 2 rings (SSSR count). The van der Waals surface area contributed by atoms with E-state index in [1.54, 1.807) is 31.4 Å². The Morgan fingerprint density at radius 3 is 2.39 bits per heavy atom. The standard InChI is InChI=1S/C19H21ClO3/c1-12-9-14(19(2,3)4)11-16(17(12)22-5)23-18(21)13-7-6-8-15(20)10-13/h6-11H,1-5H3. The molecule has 0 bridgehead atoms.